The van der Waals surface area contributed by atoms with Gasteiger partial charge in [-0.15, -0.1) is 0 Å². The molecule has 0 aromatic rings. The number of amides is 1. The van der Waals surface area contributed by atoms with E-state index in [1.165, 1.54) is 0 Å². The van der Waals surface area contributed by atoms with Crippen molar-refractivity contribution in [2.45, 2.75) is 31.5 Å². The predicted octanol–water partition coefficient (Wildman–Crippen LogP) is 0.0212. The maximum atomic E-state index is 12.5. The Morgan fingerprint density at radius 2 is 2.29 bits per heavy atom. The van der Waals surface area contributed by atoms with Crippen LogP contribution in [0.1, 0.15) is 19.8 Å². The van der Waals surface area contributed by atoms with Crippen LogP contribution in [0.4, 0.5) is 0 Å². The third-order valence-electron chi connectivity index (χ3n) is 3.83. The van der Waals surface area contributed by atoms with Gasteiger partial charge in [0.1, 0.15) is 5.60 Å². The highest BCUT2D eigenvalue weighted by molar-refractivity contribution is 5.85. The number of ether oxygens (including phenoxy) is 2. The van der Waals surface area contributed by atoms with Crippen LogP contribution in [-0.2, 0) is 14.3 Å². The van der Waals surface area contributed by atoms with Crippen molar-refractivity contribution in [3.8, 4) is 0 Å². The van der Waals surface area contributed by atoms with Crippen molar-refractivity contribution >= 4 is 5.91 Å². The molecule has 98 valence electrons. The van der Waals surface area contributed by atoms with Gasteiger partial charge in [-0.05, 0) is 25.7 Å². The summed E-state index contributed by atoms with van der Waals surface area (Å²) in [4.78, 5) is 14.2. The first kappa shape index (κ1) is 12.8. The van der Waals surface area contributed by atoms with Gasteiger partial charge in [0, 0.05) is 20.2 Å². The van der Waals surface area contributed by atoms with Gasteiger partial charge in [-0.25, -0.2) is 0 Å². The molecule has 1 heterocycles. The summed E-state index contributed by atoms with van der Waals surface area (Å²) in [5, 5.41) is 9.08. The topological polar surface area (TPSA) is 59.0 Å². The number of methoxy groups -OCH3 is 1. The van der Waals surface area contributed by atoms with Gasteiger partial charge in [-0.1, -0.05) is 0 Å². The van der Waals surface area contributed by atoms with Crippen LogP contribution in [0, 0.1) is 5.92 Å². The van der Waals surface area contributed by atoms with E-state index in [4.69, 9.17) is 14.6 Å². The van der Waals surface area contributed by atoms with E-state index in [1.54, 1.807) is 12.0 Å². The normalized spacial score (nSPS) is 28.9. The highest BCUT2D eigenvalue weighted by Crippen LogP contribution is 2.42. The third-order valence-corrected chi connectivity index (χ3v) is 3.83. The Morgan fingerprint density at radius 1 is 1.59 bits per heavy atom. The van der Waals surface area contributed by atoms with E-state index in [0.717, 1.165) is 12.8 Å². The van der Waals surface area contributed by atoms with Crippen molar-refractivity contribution in [3.05, 3.63) is 0 Å². The SMILES string of the molecule is COC(C)(C(=O)N1CCOC(CO)C1)C1CC1. The lowest BCUT2D eigenvalue weighted by Gasteiger charge is -2.38. The van der Waals surface area contributed by atoms with E-state index in [2.05, 4.69) is 0 Å². The minimum absolute atomic E-state index is 0.0317. The molecule has 1 N–H and O–H groups in total. The number of carbonyl (C=O) groups excluding carboxylic acids is 1. The molecule has 2 aliphatic rings. The second-order valence-corrected chi connectivity index (χ2v) is 5.01. The molecule has 2 fully saturated rings. The van der Waals surface area contributed by atoms with Gasteiger partial charge in [0.15, 0.2) is 0 Å². The van der Waals surface area contributed by atoms with Gasteiger partial charge >= 0.3 is 0 Å². The molecule has 1 saturated heterocycles. The Balaban J connectivity index is 2.02. The Labute approximate surface area is 102 Å². The van der Waals surface area contributed by atoms with Crippen molar-refractivity contribution in [1.29, 1.82) is 0 Å². The summed E-state index contributed by atoms with van der Waals surface area (Å²) < 4.78 is 10.8. The van der Waals surface area contributed by atoms with E-state index in [0.29, 0.717) is 25.6 Å². The minimum Gasteiger partial charge on any atom is -0.394 e. The van der Waals surface area contributed by atoms with Gasteiger partial charge in [0.2, 0.25) is 0 Å². The molecule has 1 aliphatic carbocycles. The summed E-state index contributed by atoms with van der Waals surface area (Å²) in [7, 11) is 1.60. The lowest BCUT2D eigenvalue weighted by Crippen LogP contribution is -2.55. The summed E-state index contributed by atoms with van der Waals surface area (Å²) in [5.41, 5.74) is -0.697. The van der Waals surface area contributed by atoms with Crippen LogP contribution in [0.25, 0.3) is 0 Å². The number of morpholine rings is 1. The molecule has 0 spiro atoms. The first-order chi connectivity index (χ1) is 8.11. The molecule has 2 unspecified atom stereocenters. The number of carbonyl (C=O) groups is 1. The summed E-state index contributed by atoms with van der Waals surface area (Å²) in [6.45, 7) is 3.36. The van der Waals surface area contributed by atoms with Crippen molar-refractivity contribution in [3.63, 3.8) is 0 Å². The molecule has 1 saturated carbocycles. The van der Waals surface area contributed by atoms with Gasteiger partial charge in [-0.2, -0.15) is 0 Å². The van der Waals surface area contributed by atoms with E-state index in [1.807, 2.05) is 6.92 Å². The third kappa shape index (κ3) is 2.46. The van der Waals surface area contributed by atoms with E-state index in [9.17, 15) is 4.79 Å². The van der Waals surface area contributed by atoms with Gasteiger partial charge in [0.25, 0.3) is 5.91 Å². The fourth-order valence-corrected chi connectivity index (χ4v) is 2.39. The molecule has 5 nitrogen and oxygen atoms in total. The first-order valence-electron chi connectivity index (χ1n) is 6.18. The number of rotatable bonds is 4. The molecule has 5 heteroatoms. The largest absolute Gasteiger partial charge is 0.394 e. The van der Waals surface area contributed by atoms with Crippen LogP contribution in [0.15, 0.2) is 0 Å². The summed E-state index contributed by atoms with van der Waals surface area (Å²) in [5.74, 6) is 0.375. The maximum absolute atomic E-state index is 12.5. The molecule has 17 heavy (non-hydrogen) atoms. The fraction of sp³-hybridized carbons (Fsp3) is 0.917. The average Bonchev–Trinajstić information content (AvgIpc) is 3.21. The number of hydrogen-bond acceptors (Lipinski definition) is 4. The van der Waals surface area contributed by atoms with Crippen LogP contribution in [-0.4, -0.2) is 61.0 Å². The Morgan fingerprint density at radius 3 is 2.82 bits per heavy atom. The Hall–Kier alpha value is -0.650. The minimum atomic E-state index is -0.697. The predicted molar refractivity (Wildman–Crippen MR) is 61.5 cm³/mol. The lowest BCUT2D eigenvalue weighted by molar-refractivity contribution is -0.163. The Kier molecular flexibility index (Phi) is 3.70. The molecule has 2 atom stereocenters. The van der Waals surface area contributed by atoms with E-state index >= 15 is 0 Å². The highest BCUT2D eigenvalue weighted by atomic mass is 16.5. The van der Waals surface area contributed by atoms with Gasteiger partial charge in [-0.3, -0.25) is 4.79 Å². The van der Waals surface area contributed by atoms with Gasteiger partial charge < -0.3 is 19.5 Å². The van der Waals surface area contributed by atoms with E-state index < -0.39 is 5.60 Å². The van der Waals surface area contributed by atoms with Crippen LogP contribution in [0.3, 0.4) is 0 Å². The molecule has 0 aromatic heterocycles. The maximum Gasteiger partial charge on any atom is 0.254 e. The number of aliphatic hydroxyl groups is 1. The molecule has 1 aliphatic heterocycles. The number of aliphatic hydroxyl groups excluding tert-OH is 1. The standard InChI is InChI=1S/C12H21NO4/c1-12(16-2,9-3-4-9)11(15)13-5-6-17-10(7-13)8-14/h9-10,14H,3-8H2,1-2H3. The quantitative estimate of drug-likeness (QED) is 0.756. The molecule has 2 rings (SSSR count). The van der Waals surface area contributed by atoms with Crippen molar-refractivity contribution < 1.29 is 19.4 Å². The highest BCUT2D eigenvalue weighted by Gasteiger charge is 2.49. The summed E-state index contributed by atoms with van der Waals surface area (Å²) in [6, 6.07) is 0. The lowest BCUT2D eigenvalue weighted by atomic mass is 9.97. The molecule has 0 radical (unpaired) electrons. The van der Waals surface area contributed by atoms with Crippen molar-refractivity contribution in [2.75, 3.05) is 33.4 Å². The van der Waals surface area contributed by atoms with Crippen LogP contribution in [0.2, 0.25) is 0 Å². The van der Waals surface area contributed by atoms with Crippen LogP contribution < -0.4 is 0 Å². The second kappa shape index (κ2) is 4.92. The second-order valence-electron chi connectivity index (χ2n) is 5.01. The summed E-state index contributed by atoms with van der Waals surface area (Å²) >= 11 is 0. The zero-order valence-electron chi connectivity index (χ0n) is 10.5. The Bertz CT molecular complexity index is 292. The molecular weight excluding hydrogens is 222 g/mol. The van der Waals surface area contributed by atoms with Crippen LogP contribution >= 0.6 is 0 Å². The number of hydrogen-bond donors (Lipinski definition) is 1. The van der Waals surface area contributed by atoms with Crippen molar-refractivity contribution in [2.24, 2.45) is 5.92 Å². The van der Waals surface area contributed by atoms with Crippen molar-refractivity contribution in [1.82, 2.24) is 4.90 Å². The zero-order valence-corrected chi connectivity index (χ0v) is 10.5. The molecule has 0 aromatic carbocycles. The summed E-state index contributed by atoms with van der Waals surface area (Å²) in [6.07, 6.45) is 1.86. The molecular formula is C12H21NO4. The monoisotopic (exact) mass is 243 g/mol. The van der Waals surface area contributed by atoms with E-state index in [-0.39, 0.29) is 18.6 Å². The molecule has 0 bridgehead atoms. The van der Waals surface area contributed by atoms with Crippen LogP contribution in [0.5, 0.6) is 0 Å². The number of nitrogens with zero attached hydrogens (tertiary/aromatic N) is 1. The zero-order chi connectivity index (χ0) is 12.5. The van der Waals surface area contributed by atoms with Gasteiger partial charge in [0.05, 0.1) is 19.3 Å². The fourth-order valence-electron chi connectivity index (χ4n) is 2.39. The average molecular weight is 243 g/mol. The smallest absolute Gasteiger partial charge is 0.254 e. The molecule has 1 amide bonds. The first-order valence-corrected chi connectivity index (χ1v) is 6.18.